The highest BCUT2D eigenvalue weighted by atomic mass is 16.5. The first-order valence-corrected chi connectivity index (χ1v) is 9.64. The summed E-state index contributed by atoms with van der Waals surface area (Å²) in [5.41, 5.74) is 0.972. The fourth-order valence-electron chi connectivity index (χ4n) is 3.94. The average Bonchev–Trinajstić information content (AvgIpc) is 3.43. The van der Waals surface area contributed by atoms with E-state index in [2.05, 4.69) is 28.6 Å². The number of aromatic nitrogens is 1. The van der Waals surface area contributed by atoms with Crippen LogP contribution in [0.4, 0.5) is 0 Å². The summed E-state index contributed by atoms with van der Waals surface area (Å²) in [7, 11) is 3.37. The highest BCUT2D eigenvalue weighted by Gasteiger charge is 2.32. The second-order valence-electron chi connectivity index (χ2n) is 7.83. The first-order valence-electron chi connectivity index (χ1n) is 9.64. The van der Waals surface area contributed by atoms with Crippen molar-refractivity contribution in [2.45, 2.75) is 45.7 Å². The Labute approximate surface area is 152 Å². The lowest BCUT2D eigenvalue weighted by molar-refractivity contribution is 0.131. The quantitative estimate of drug-likeness (QED) is 0.758. The third-order valence-electron chi connectivity index (χ3n) is 5.53. The molecular weight excluding hydrogens is 314 g/mol. The Kier molecular flexibility index (Phi) is 6.18. The zero-order valence-corrected chi connectivity index (χ0v) is 16.2. The first-order chi connectivity index (χ1) is 12.1. The van der Waals surface area contributed by atoms with Gasteiger partial charge in [-0.3, -0.25) is 14.8 Å². The van der Waals surface area contributed by atoms with Gasteiger partial charge in [-0.15, -0.1) is 0 Å². The summed E-state index contributed by atoms with van der Waals surface area (Å²) < 4.78 is 11.0. The van der Waals surface area contributed by atoms with Crippen molar-refractivity contribution >= 4 is 0 Å². The summed E-state index contributed by atoms with van der Waals surface area (Å²) in [6.45, 7) is 10.3. The van der Waals surface area contributed by atoms with Gasteiger partial charge in [0.15, 0.2) is 11.5 Å². The van der Waals surface area contributed by atoms with Crippen LogP contribution in [-0.4, -0.2) is 61.2 Å². The van der Waals surface area contributed by atoms with Gasteiger partial charge in [0.2, 0.25) is 0 Å². The molecule has 2 fully saturated rings. The molecule has 0 spiro atoms. The van der Waals surface area contributed by atoms with E-state index in [1.807, 2.05) is 12.3 Å². The third kappa shape index (κ3) is 4.64. The van der Waals surface area contributed by atoms with Gasteiger partial charge in [-0.1, -0.05) is 13.8 Å². The minimum Gasteiger partial charge on any atom is -0.493 e. The van der Waals surface area contributed by atoms with Crippen molar-refractivity contribution in [3.8, 4) is 11.5 Å². The number of methoxy groups -OCH3 is 2. The van der Waals surface area contributed by atoms with E-state index in [0.29, 0.717) is 12.0 Å². The van der Waals surface area contributed by atoms with E-state index in [1.165, 1.54) is 32.4 Å². The van der Waals surface area contributed by atoms with Crippen LogP contribution in [-0.2, 0) is 6.54 Å². The molecule has 1 saturated heterocycles. The average molecular weight is 348 g/mol. The largest absolute Gasteiger partial charge is 0.493 e. The summed E-state index contributed by atoms with van der Waals surface area (Å²) in [6.07, 6.45) is 5.89. The van der Waals surface area contributed by atoms with Gasteiger partial charge in [-0.25, -0.2) is 0 Å². The second kappa shape index (κ2) is 8.37. The molecule has 0 aromatic carbocycles. The lowest BCUT2D eigenvalue weighted by Crippen LogP contribution is -2.45. The van der Waals surface area contributed by atoms with Crippen LogP contribution in [0.5, 0.6) is 11.5 Å². The Morgan fingerprint density at radius 3 is 2.64 bits per heavy atom. The van der Waals surface area contributed by atoms with Crippen molar-refractivity contribution in [3.05, 3.63) is 18.0 Å². The molecule has 0 bridgehead atoms. The molecule has 3 rings (SSSR count). The number of pyridine rings is 1. The molecule has 1 aromatic heterocycles. The van der Waals surface area contributed by atoms with Gasteiger partial charge in [0.25, 0.3) is 0 Å². The van der Waals surface area contributed by atoms with Crippen LogP contribution in [0.15, 0.2) is 12.3 Å². The van der Waals surface area contributed by atoms with Crippen LogP contribution in [0.1, 0.15) is 38.8 Å². The van der Waals surface area contributed by atoms with Crippen molar-refractivity contribution in [2.24, 2.45) is 11.8 Å². The lowest BCUT2D eigenvalue weighted by atomic mass is 10.0. The van der Waals surface area contributed by atoms with Crippen LogP contribution >= 0.6 is 0 Å². The Bertz CT molecular complexity index is 560. The van der Waals surface area contributed by atoms with E-state index >= 15 is 0 Å². The standard InChI is InChI=1S/C20H33N3O2/c1-15(2)18-14-22(10-5-11-23(18)12-16-6-7-16)13-17-20(25-4)19(24-3)8-9-21-17/h8-9,15-16,18H,5-7,10-14H2,1-4H3. The molecule has 0 N–H and O–H groups in total. The predicted octanol–water partition coefficient (Wildman–Crippen LogP) is 3.04. The monoisotopic (exact) mass is 347 g/mol. The molecule has 1 atom stereocenters. The molecule has 5 nitrogen and oxygen atoms in total. The van der Waals surface area contributed by atoms with Crippen molar-refractivity contribution in [2.75, 3.05) is 40.4 Å². The zero-order valence-electron chi connectivity index (χ0n) is 16.2. The number of nitrogens with zero attached hydrogens (tertiary/aromatic N) is 3. The maximum absolute atomic E-state index is 5.57. The maximum atomic E-state index is 5.57. The maximum Gasteiger partial charge on any atom is 0.183 e. The number of hydrogen-bond acceptors (Lipinski definition) is 5. The molecule has 2 heterocycles. The van der Waals surface area contributed by atoms with Gasteiger partial charge >= 0.3 is 0 Å². The third-order valence-corrected chi connectivity index (χ3v) is 5.53. The van der Waals surface area contributed by atoms with Crippen molar-refractivity contribution < 1.29 is 9.47 Å². The van der Waals surface area contributed by atoms with Crippen LogP contribution in [0.25, 0.3) is 0 Å². The van der Waals surface area contributed by atoms with Crippen molar-refractivity contribution in [1.29, 1.82) is 0 Å². The summed E-state index contributed by atoms with van der Waals surface area (Å²) >= 11 is 0. The zero-order chi connectivity index (χ0) is 17.8. The van der Waals surface area contributed by atoms with Gasteiger partial charge in [-0.2, -0.15) is 0 Å². The molecule has 0 radical (unpaired) electrons. The molecule has 1 unspecified atom stereocenters. The highest BCUT2D eigenvalue weighted by Crippen LogP contribution is 2.33. The Hall–Kier alpha value is -1.33. The number of ether oxygens (including phenoxy) is 2. The molecule has 5 heteroatoms. The molecule has 1 aromatic rings. The van der Waals surface area contributed by atoms with E-state index in [1.54, 1.807) is 14.2 Å². The number of rotatable bonds is 7. The normalized spacial score (nSPS) is 22.8. The topological polar surface area (TPSA) is 37.8 Å². The molecule has 1 aliphatic heterocycles. The van der Waals surface area contributed by atoms with Gasteiger partial charge in [0.05, 0.1) is 14.2 Å². The van der Waals surface area contributed by atoms with E-state index < -0.39 is 0 Å². The van der Waals surface area contributed by atoms with E-state index in [9.17, 15) is 0 Å². The minimum absolute atomic E-state index is 0.625. The molecule has 1 aliphatic carbocycles. The Morgan fingerprint density at radius 1 is 1.20 bits per heavy atom. The molecular formula is C20H33N3O2. The van der Waals surface area contributed by atoms with E-state index in [0.717, 1.165) is 42.7 Å². The summed E-state index contributed by atoms with van der Waals surface area (Å²) in [6, 6.07) is 2.48. The van der Waals surface area contributed by atoms with Crippen LogP contribution in [0.3, 0.4) is 0 Å². The molecule has 140 valence electrons. The predicted molar refractivity (Wildman–Crippen MR) is 100 cm³/mol. The Balaban J connectivity index is 1.72. The smallest absolute Gasteiger partial charge is 0.183 e. The second-order valence-corrected chi connectivity index (χ2v) is 7.83. The summed E-state index contributed by atoms with van der Waals surface area (Å²) in [4.78, 5) is 9.86. The minimum atomic E-state index is 0.625. The van der Waals surface area contributed by atoms with Gasteiger partial charge in [0, 0.05) is 37.9 Å². The fourth-order valence-corrected chi connectivity index (χ4v) is 3.94. The van der Waals surface area contributed by atoms with E-state index in [-0.39, 0.29) is 0 Å². The van der Waals surface area contributed by atoms with Crippen molar-refractivity contribution in [1.82, 2.24) is 14.8 Å². The Morgan fingerprint density at radius 2 is 2.00 bits per heavy atom. The SMILES string of the molecule is COc1ccnc(CN2CCCN(CC3CC3)C(C(C)C)C2)c1OC. The van der Waals surface area contributed by atoms with Crippen LogP contribution < -0.4 is 9.47 Å². The molecule has 25 heavy (non-hydrogen) atoms. The van der Waals surface area contributed by atoms with Gasteiger partial charge in [-0.05, 0) is 44.2 Å². The number of hydrogen-bond donors (Lipinski definition) is 0. The molecule has 1 saturated carbocycles. The molecule has 0 amide bonds. The van der Waals surface area contributed by atoms with Gasteiger partial charge < -0.3 is 9.47 Å². The van der Waals surface area contributed by atoms with Crippen LogP contribution in [0.2, 0.25) is 0 Å². The summed E-state index contributed by atoms with van der Waals surface area (Å²) in [5.74, 6) is 3.15. The van der Waals surface area contributed by atoms with Gasteiger partial charge in [0.1, 0.15) is 5.69 Å². The first kappa shape index (κ1) is 18.5. The van der Waals surface area contributed by atoms with Crippen LogP contribution in [0, 0.1) is 11.8 Å². The van der Waals surface area contributed by atoms with E-state index in [4.69, 9.17) is 9.47 Å². The highest BCUT2D eigenvalue weighted by molar-refractivity contribution is 5.42. The summed E-state index contributed by atoms with van der Waals surface area (Å²) in [5, 5.41) is 0. The lowest BCUT2D eigenvalue weighted by Gasteiger charge is -2.34. The molecule has 2 aliphatic rings. The van der Waals surface area contributed by atoms with Crippen molar-refractivity contribution in [3.63, 3.8) is 0 Å². The fraction of sp³-hybridized carbons (Fsp3) is 0.750.